The topological polar surface area (TPSA) is 3.24 Å². The summed E-state index contributed by atoms with van der Waals surface area (Å²) in [5.41, 5.74) is 20.9. The number of benzene rings is 9. The molecule has 0 saturated carbocycles. The standard InChI is InChI=1S/C56H37N/c1-3-17-38(18-4-1)55(49-26-12-7-21-43(49)44-22-8-13-27-50(44)55)39-31-33-41(34-32-39)57(40-19-5-2-6-20-40)42-35-36-48-47-25-11-16-30-53(47)56(54(48)37-42)51-28-14-9-23-45(51)46-24-10-15-29-52(46)56/h1-37H. The Balaban J connectivity index is 1.07. The minimum absolute atomic E-state index is 0.410. The summed E-state index contributed by atoms with van der Waals surface area (Å²) in [6, 6.07) is 83.5. The number of anilines is 3. The Kier molecular flexibility index (Phi) is 6.83. The van der Waals surface area contributed by atoms with Crippen LogP contribution in [0.2, 0.25) is 0 Å². The minimum atomic E-state index is -0.445. The lowest BCUT2D eigenvalue weighted by Crippen LogP contribution is -2.28. The van der Waals surface area contributed by atoms with Crippen LogP contribution in [0.25, 0.3) is 33.4 Å². The normalized spacial score (nSPS) is 14.2. The molecule has 1 heteroatoms. The molecule has 9 aromatic carbocycles. The van der Waals surface area contributed by atoms with Crippen molar-refractivity contribution >= 4 is 17.1 Å². The van der Waals surface area contributed by atoms with E-state index in [0.717, 1.165) is 17.1 Å². The fourth-order valence-corrected chi connectivity index (χ4v) is 10.8. The lowest BCUT2D eigenvalue weighted by molar-refractivity contribution is 0.768. The van der Waals surface area contributed by atoms with Crippen molar-refractivity contribution in [3.8, 4) is 33.4 Å². The lowest BCUT2D eigenvalue weighted by Gasteiger charge is -2.34. The van der Waals surface area contributed by atoms with Crippen LogP contribution in [0.3, 0.4) is 0 Å². The van der Waals surface area contributed by atoms with Gasteiger partial charge in [0.1, 0.15) is 0 Å². The molecule has 266 valence electrons. The van der Waals surface area contributed by atoms with Gasteiger partial charge in [-0.1, -0.05) is 188 Å². The average molecular weight is 724 g/mol. The molecule has 0 heterocycles. The van der Waals surface area contributed by atoms with Crippen LogP contribution in [0, 0.1) is 0 Å². The van der Waals surface area contributed by atoms with E-state index in [0.29, 0.717) is 0 Å². The van der Waals surface area contributed by atoms with Crippen molar-refractivity contribution in [2.24, 2.45) is 0 Å². The van der Waals surface area contributed by atoms with Gasteiger partial charge in [0, 0.05) is 17.1 Å². The molecule has 1 nitrogen and oxygen atoms in total. The first-order chi connectivity index (χ1) is 28.3. The van der Waals surface area contributed by atoms with Gasteiger partial charge in [0.05, 0.1) is 10.8 Å². The first-order valence-corrected chi connectivity index (χ1v) is 19.9. The van der Waals surface area contributed by atoms with E-state index in [1.807, 2.05) is 0 Å². The summed E-state index contributed by atoms with van der Waals surface area (Å²) in [7, 11) is 0. The molecule has 57 heavy (non-hydrogen) atoms. The zero-order valence-corrected chi connectivity index (χ0v) is 31.3. The van der Waals surface area contributed by atoms with Gasteiger partial charge in [0.2, 0.25) is 0 Å². The number of rotatable bonds is 5. The van der Waals surface area contributed by atoms with E-state index in [1.54, 1.807) is 0 Å². The molecule has 0 aliphatic heterocycles. The Morgan fingerprint density at radius 1 is 0.228 bits per heavy atom. The maximum Gasteiger partial charge on any atom is 0.0726 e. The minimum Gasteiger partial charge on any atom is -0.310 e. The van der Waals surface area contributed by atoms with E-state index >= 15 is 0 Å². The summed E-state index contributed by atoms with van der Waals surface area (Å²) in [6.45, 7) is 0. The second-order valence-corrected chi connectivity index (χ2v) is 15.5. The van der Waals surface area contributed by atoms with E-state index in [9.17, 15) is 0 Å². The molecule has 0 amide bonds. The molecule has 0 fully saturated rings. The SMILES string of the molecule is c1ccc(N(c2ccc(C3(c4ccccc4)c4ccccc4-c4ccccc43)cc2)c2ccc3c(c2)C2(c4ccccc4-c4ccccc42)c2ccccc2-3)cc1. The van der Waals surface area contributed by atoms with E-state index in [4.69, 9.17) is 0 Å². The summed E-state index contributed by atoms with van der Waals surface area (Å²) in [4.78, 5) is 2.43. The van der Waals surface area contributed by atoms with Crippen molar-refractivity contribution in [2.45, 2.75) is 10.8 Å². The van der Waals surface area contributed by atoms with Crippen LogP contribution < -0.4 is 4.90 Å². The van der Waals surface area contributed by atoms with Crippen molar-refractivity contribution in [3.63, 3.8) is 0 Å². The third-order valence-corrected chi connectivity index (χ3v) is 13.0. The zero-order chi connectivity index (χ0) is 37.6. The largest absolute Gasteiger partial charge is 0.310 e. The summed E-state index contributed by atoms with van der Waals surface area (Å²) >= 11 is 0. The number of hydrogen-bond acceptors (Lipinski definition) is 1. The van der Waals surface area contributed by atoms with Gasteiger partial charge in [-0.25, -0.2) is 0 Å². The number of hydrogen-bond donors (Lipinski definition) is 0. The van der Waals surface area contributed by atoms with Crippen molar-refractivity contribution in [1.82, 2.24) is 0 Å². The monoisotopic (exact) mass is 723 g/mol. The van der Waals surface area contributed by atoms with E-state index < -0.39 is 10.8 Å². The number of fused-ring (bicyclic) bond motifs is 13. The number of para-hydroxylation sites is 1. The van der Waals surface area contributed by atoms with Crippen LogP contribution in [-0.2, 0) is 10.8 Å². The maximum atomic E-state index is 2.48. The average Bonchev–Trinajstić information content (AvgIpc) is 3.88. The predicted molar refractivity (Wildman–Crippen MR) is 235 cm³/mol. The molecule has 0 saturated heterocycles. The van der Waals surface area contributed by atoms with Crippen molar-refractivity contribution < 1.29 is 0 Å². The molecule has 1 spiro atoms. The Hall–Kier alpha value is -7.22. The molecular weight excluding hydrogens is 687 g/mol. The van der Waals surface area contributed by atoms with Gasteiger partial charge in [-0.3, -0.25) is 0 Å². The summed E-state index contributed by atoms with van der Waals surface area (Å²) in [5.74, 6) is 0. The Labute approximate surface area is 333 Å². The summed E-state index contributed by atoms with van der Waals surface area (Å²) in [5, 5.41) is 0. The van der Waals surface area contributed by atoms with Crippen LogP contribution in [0.1, 0.15) is 44.5 Å². The second kappa shape index (κ2) is 12.1. The molecule has 0 unspecified atom stereocenters. The van der Waals surface area contributed by atoms with Crippen LogP contribution in [0.5, 0.6) is 0 Å². The molecule has 3 aliphatic carbocycles. The van der Waals surface area contributed by atoms with Gasteiger partial charge in [-0.05, 0) is 114 Å². The summed E-state index contributed by atoms with van der Waals surface area (Å²) in [6.07, 6.45) is 0. The fourth-order valence-electron chi connectivity index (χ4n) is 10.8. The quantitative estimate of drug-likeness (QED) is 0.171. The van der Waals surface area contributed by atoms with Crippen LogP contribution in [-0.4, -0.2) is 0 Å². The Morgan fingerprint density at radius 2 is 0.561 bits per heavy atom. The first-order valence-electron chi connectivity index (χ1n) is 19.9. The van der Waals surface area contributed by atoms with Crippen molar-refractivity contribution in [3.05, 3.63) is 269 Å². The highest BCUT2D eigenvalue weighted by molar-refractivity contribution is 5.96. The highest BCUT2D eigenvalue weighted by Crippen LogP contribution is 2.63. The molecule has 9 aromatic rings. The van der Waals surface area contributed by atoms with Gasteiger partial charge in [-0.15, -0.1) is 0 Å². The highest BCUT2D eigenvalue weighted by Gasteiger charge is 2.52. The van der Waals surface area contributed by atoms with Gasteiger partial charge in [-0.2, -0.15) is 0 Å². The fraction of sp³-hybridized carbons (Fsp3) is 0.0357. The van der Waals surface area contributed by atoms with E-state index in [-0.39, 0.29) is 0 Å². The van der Waals surface area contributed by atoms with Gasteiger partial charge >= 0.3 is 0 Å². The van der Waals surface area contributed by atoms with E-state index in [1.165, 1.54) is 77.9 Å². The van der Waals surface area contributed by atoms with Crippen LogP contribution in [0.4, 0.5) is 17.1 Å². The van der Waals surface area contributed by atoms with E-state index in [2.05, 4.69) is 229 Å². The molecule has 12 rings (SSSR count). The molecule has 0 bridgehead atoms. The molecule has 0 radical (unpaired) electrons. The van der Waals surface area contributed by atoms with Gasteiger partial charge in [0.25, 0.3) is 0 Å². The van der Waals surface area contributed by atoms with Crippen molar-refractivity contribution in [2.75, 3.05) is 4.90 Å². The van der Waals surface area contributed by atoms with Crippen molar-refractivity contribution in [1.29, 1.82) is 0 Å². The third kappa shape index (κ3) is 4.23. The maximum absolute atomic E-state index is 2.48. The molecule has 0 N–H and O–H groups in total. The third-order valence-electron chi connectivity index (χ3n) is 13.0. The molecule has 0 aromatic heterocycles. The van der Waals surface area contributed by atoms with Gasteiger partial charge < -0.3 is 4.90 Å². The van der Waals surface area contributed by atoms with Crippen LogP contribution >= 0.6 is 0 Å². The lowest BCUT2D eigenvalue weighted by atomic mass is 9.68. The first kappa shape index (κ1) is 32.1. The smallest absolute Gasteiger partial charge is 0.0726 e. The number of nitrogens with zero attached hydrogens (tertiary/aromatic N) is 1. The predicted octanol–water partition coefficient (Wildman–Crippen LogP) is 13.9. The molecule has 0 atom stereocenters. The zero-order valence-electron chi connectivity index (χ0n) is 31.3. The molecule has 3 aliphatic rings. The Bertz CT molecular complexity index is 2900. The van der Waals surface area contributed by atoms with Gasteiger partial charge in [0.15, 0.2) is 0 Å². The second-order valence-electron chi connectivity index (χ2n) is 15.5. The summed E-state index contributed by atoms with van der Waals surface area (Å²) < 4.78 is 0. The highest BCUT2D eigenvalue weighted by atomic mass is 15.1. The Morgan fingerprint density at radius 3 is 1.04 bits per heavy atom. The molecular formula is C56H37N. The van der Waals surface area contributed by atoms with Crippen LogP contribution in [0.15, 0.2) is 224 Å².